The molecular formula is C27H29N5O3. The van der Waals surface area contributed by atoms with Crippen LogP contribution < -0.4 is 20.9 Å². The van der Waals surface area contributed by atoms with Crippen LogP contribution in [0.4, 0.5) is 17.1 Å². The van der Waals surface area contributed by atoms with Crippen LogP contribution in [0.5, 0.6) is 0 Å². The number of carbonyl (C=O) groups excluding carboxylic acids is 3. The zero-order valence-electron chi connectivity index (χ0n) is 19.7. The number of amides is 3. The first kappa shape index (κ1) is 23.9. The van der Waals surface area contributed by atoms with E-state index in [1.165, 1.54) is 19.0 Å². The van der Waals surface area contributed by atoms with Crippen LogP contribution in [-0.4, -0.2) is 41.8 Å². The molecule has 3 amide bonds. The van der Waals surface area contributed by atoms with Crippen molar-refractivity contribution < 1.29 is 14.4 Å². The lowest BCUT2D eigenvalue weighted by Crippen LogP contribution is -2.35. The third-order valence-electron chi connectivity index (χ3n) is 5.78. The van der Waals surface area contributed by atoms with Gasteiger partial charge in [-0.15, -0.1) is 0 Å². The number of nitrogens with zero attached hydrogens (tertiary/aromatic N) is 2. The smallest absolute Gasteiger partial charge is 0.257 e. The first-order valence-electron chi connectivity index (χ1n) is 11.7. The summed E-state index contributed by atoms with van der Waals surface area (Å²) >= 11 is 0. The Morgan fingerprint density at radius 3 is 2.34 bits per heavy atom. The lowest BCUT2D eigenvalue weighted by Gasteiger charge is -2.19. The van der Waals surface area contributed by atoms with Crippen LogP contribution in [0.15, 0.2) is 73.1 Å². The molecule has 0 spiro atoms. The molecule has 1 atom stereocenters. The number of anilines is 3. The number of carbonyl (C=O) groups is 3. The van der Waals surface area contributed by atoms with Crippen LogP contribution >= 0.6 is 0 Å². The second kappa shape index (κ2) is 11.3. The first-order chi connectivity index (χ1) is 17.0. The van der Waals surface area contributed by atoms with Crippen LogP contribution in [0.2, 0.25) is 0 Å². The summed E-state index contributed by atoms with van der Waals surface area (Å²) in [6.45, 7) is 3.86. The average molecular weight is 472 g/mol. The predicted octanol–water partition coefficient (Wildman–Crippen LogP) is 4.08. The van der Waals surface area contributed by atoms with Gasteiger partial charge in [-0.1, -0.05) is 12.1 Å². The highest BCUT2D eigenvalue weighted by Crippen LogP contribution is 2.23. The Hall–Kier alpha value is -4.20. The number of pyridine rings is 1. The van der Waals surface area contributed by atoms with E-state index >= 15 is 0 Å². The molecule has 0 radical (unpaired) electrons. The minimum absolute atomic E-state index is 0.136. The highest BCUT2D eigenvalue weighted by molar-refractivity contribution is 6.05. The molecule has 8 nitrogen and oxygen atoms in total. The molecular weight excluding hydrogens is 442 g/mol. The highest BCUT2D eigenvalue weighted by atomic mass is 16.2. The van der Waals surface area contributed by atoms with Crippen molar-refractivity contribution in [2.75, 3.05) is 28.6 Å². The second-order valence-corrected chi connectivity index (χ2v) is 8.65. The van der Waals surface area contributed by atoms with Crippen LogP contribution in [-0.2, 0) is 4.79 Å². The summed E-state index contributed by atoms with van der Waals surface area (Å²) in [5.41, 5.74) is 3.16. The maximum atomic E-state index is 12.7. The van der Waals surface area contributed by atoms with Gasteiger partial charge in [-0.05, 0) is 68.3 Å². The summed E-state index contributed by atoms with van der Waals surface area (Å²) < 4.78 is 0. The molecule has 2 heterocycles. The van der Waals surface area contributed by atoms with Crippen LogP contribution in [0.3, 0.4) is 0 Å². The van der Waals surface area contributed by atoms with Gasteiger partial charge in [-0.25, -0.2) is 0 Å². The molecule has 1 saturated heterocycles. The molecule has 35 heavy (non-hydrogen) atoms. The maximum Gasteiger partial charge on any atom is 0.257 e. The molecule has 1 unspecified atom stereocenters. The molecule has 1 fully saturated rings. The number of benzene rings is 2. The molecule has 0 saturated carbocycles. The molecule has 0 aliphatic carbocycles. The van der Waals surface area contributed by atoms with Gasteiger partial charge in [-0.2, -0.15) is 0 Å². The minimum Gasteiger partial charge on any atom is -0.371 e. The minimum atomic E-state index is -0.377. The van der Waals surface area contributed by atoms with Crippen LogP contribution in [0.25, 0.3) is 0 Å². The van der Waals surface area contributed by atoms with Gasteiger partial charge < -0.3 is 20.9 Å². The lowest BCUT2D eigenvalue weighted by molar-refractivity contribution is -0.116. The van der Waals surface area contributed by atoms with E-state index in [1.54, 1.807) is 49.5 Å². The molecule has 3 aromatic rings. The fraction of sp³-hybridized carbons (Fsp3) is 0.259. The average Bonchev–Trinajstić information content (AvgIpc) is 3.40. The van der Waals surface area contributed by atoms with Crippen molar-refractivity contribution in [3.63, 3.8) is 0 Å². The Kier molecular flexibility index (Phi) is 7.72. The molecule has 1 aliphatic rings. The van der Waals surface area contributed by atoms with E-state index in [1.807, 2.05) is 18.2 Å². The van der Waals surface area contributed by atoms with E-state index in [4.69, 9.17) is 0 Å². The predicted molar refractivity (Wildman–Crippen MR) is 137 cm³/mol. The molecule has 2 aromatic carbocycles. The van der Waals surface area contributed by atoms with Crippen molar-refractivity contribution in [3.05, 3.63) is 84.2 Å². The van der Waals surface area contributed by atoms with Crippen LogP contribution in [0.1, 0.15) is 46.9 Å². The van der Waals surface area contributed by atoms with Gasteiger partial charge in [0.25, 0.3) is 11.8 Å². The van der Waals surface area contributed by atoms with Gasteiger partial charge in [0.1, 0.15) is 0 Å². The summed E-state index contributed by atoms with van der Waals surface area (Å²) in [5.74, 6) is -0.804. The van der Waals surface area contributed by atoms with Gasteiger partial charge in [0, 0.05) is 60.6 Å². The summed E-state index contributed by atoms with van der Waals surface area (Å²) in [6, 6.07) is 17.5. The Balaban J connectivity index is 1.29. The van der Waals surface area contributed by atoms with Gasteiger partial charge in [0.15, 0.2) is 0 Å². The van der Waals surface area contributed by atoms with Gasteiger partial charge in [0.2, 0.25) is 5.91 Å². The zero-order chi connectivity index (χ0) is 24.6. The number of nitrogens with one attached hydrogen (secondary N) is 3. The third-order valence-corrected chi connectivity index (χ3v) is 5.78. The Bertz CT molecular complexity index is 1190. The van der Waals surface area contributed by atoms with E-state index in [2.05, 4.69) is 31.9 Å². The van der Waals surface area contributed by atoms with Crippen molar-refractivity contribution in [1.82, 2.24) is 10.3 Å². The SMILES string of the molecule is CC(CC(=O)Nc1cccc(N2CCCC2)c1)NC(=O)c1cccc(NC(=O)c2cccnc2)c1. The molecule has 4 rings (SSSR count). The summed E-state index contributed by atoms with van der Waals surface area (Å²) in [5, 5.41) is 8.54. The number of hydrogen-bond donors (Lipinski definition) is 3. The topological polar surface area (TPSA) is 103 Å². The van der Waals surface area contributed by atoms with Crippen molar-refractivity contribution in [1.29, 1.82) is 0 Å². The highest BCUT2D eigenvalue weighted by Gasteiger charge is 2.16. The van der Waals surface area contributed by atoms with Crippen molar-refractivity contribution in [2.24, 2.45) is 0 Å². The van der Waals surface area contributed by atoms with E-state index in [0.717, 1.165) is 24.5 Å². The molecule has 1 aliphatic heterocycles. The van der Waals surface area contributed by atoms with Gasteiger partial charge >= 0.3 is 0 Å². The van der Waals surface area contributed by atoms with Crippen molar-refractivity contribution in [2.45, 2.75) is 32.2 Å². The fourth-order valence-electron chi connectivity index (χ4n) is 4.04. The Labute approximate surface area is 204 Å². The van der Waals surface area contributed by atoms with E-state index in [-0.39, 0.29) is 30.2 Å². The Morgan fingerprint density at radius 2 is 1.60 bits per heavy atom. The molecule has 8 heteroatoms. The lowest BCUT2D eigenvalue weighted by atomic mass is 10.1. The fourth-order valence-corrected chi connectivity index (χ4v) is 4.04. The number of hydrogen-bond acceptors (Lipinski definition) is 5. The monoisotopic (exact) mass is 471 g/mol. The first-order valence-corrected chi connectivity index (χ1v) is 11.7. The summed E-state index contributed by atoms with van der Waals surface area (Å²) in [4.78, 5) is 43.9. The van der Waals surface area contributed by atoms with Gasteiger partial charge in [-0.3, -0.25) is 19.4 Å². The molecule has 3 N–H and O–H groups in total. The van der Waals surface area contributed by atoms with Gasteiger partial charge in [0.05, 0.1) is 5.56 Å². The van der Waals surface area contributed by atoms with Crippen molar-refractivity contribution >= 4 is 34.8 Å². The van der Waals surface area contributed by atoms with E-state index in [9.17, 15) is 14.4 Å². The Morgan fingerprint density at radius 1 is 0.886 bits per heavy atom. The van der Waals surface area contributed by atoms with E-state index in [0.29, 0.717) is 16.8 Å². The molecule has 1 aromatic heterocycles. The largest absolute Gasteiger partial charge is 0.371 e. The normalized spacial score (nSPS) is 13.7. The quantitative estimate of drug-likeness (QED) is 0.459. The summed E-state index contributed by atoms with van der Waals surface area (Å²) in [6.07, 6.45) is 5.58. The number of rotatable bonds is 8. The molecule has 180 valence electrons. The van der Waals surface area contributed by atoms with Crippen LogP contribution in [0, 0.1) is 0 Å². The summed E-state index contributed by atoms with van der Waals surface area (Å²) in [7, 11) is 0. The standard InChI is InChI=1S/C27H29N5O3/c1-19(15-25(33)30-23-10-5-11-24(17-23)32-13-2-3-14-32)29-26(34)20-7-4-9-22(16-20)31-27(35)21-8-6-12-28-18-21/h4-12,16-19H,2-3,13-15H2,1H3,(H,29,34)(H,30,33)(H,31,35). The van der Waals surface area contributed by atoms with Crippen molar-refractivity contribution in [3.8, 4) is 0 Å². The third kappa shape index (κ3) is 6.66. The molecule has 0 bridgehead atoms. The number of aromatic nitrogens is 1. The second-order valence-electron chi connectivity index (χ2n) is 8.65. The maximum absolute atomic E-state index is 12.7. The zero-order valence-corrected chi connectivity index (χ0v) is 19.7. The van der Waals surface area contributed by atoms with E-state index < -0.39 is 0 Å².